The highest BCUT2D eigenvalue weighted by molar-refractivity contribution is 5.88. The maximum Gasteiger partial charge on any atom is 0.411 e. The molecule has 9 heteroatoms. The van der Waals surface area contributed by atoms with Crippen LogP contribution < -0.4 is 16.4 Å². The van der Waals surface area contributed by atoms with Crippen molar-refractivity contribution in [3.8, 4) is 22.4 Å². The van der Waals surface area contributed by atoms with Gasteiger partial charge in [-0.2, -0.15) is 4.68 Å². The van der Waals surface area contributed by atoms with Crippen LogP contribution in [0.4, 0.5) is 5.95 Å². The number of anilines is 1. The van der Waals surface area contributed by atoms with Gasteiger partial charge in [0.2, 0.25) is 5.65 Å². The topological polar surface area (TPSA) is 122 Å². The first kappa shape index (κ1) is 15.3. The first-order valence-corrected chi connectivity index (χ1v) is 10.2. The Hall–Kier alpha value is -3.56. The molecule has 32 heavy (non-hydrogen) atoms. The molecule has 1 saturated heterocycles. The van der Waals surface area contributed by atoms with Gasteiger partial charge in [0, 0.05) is 17.9 Å². The number of hydrogen-bond acceptors (Lipinski definition) is 6. The molecule has 0 amide bonds. The van der Waals surface area contributed by atoms with Crippen LogP contribution in [0.25, 0.3) is 28.0 Å². The summed E-state index contributed by atoms with van der Waals surface area (Å²) in [5, 5.41) is 14.3. The highest BCUT2D eigenvalue weighted by Gasteiger charge is 2.27. The van der Waals surface area contributed by atoms with E-state index in [1.54, 1.807) is 19.1 Å². The summed E-state index contributed by atoms with van der Waals surface area (Å²) in [6.07, 6.45) is 1.49. The number of pyridine rings is 1. The summed E-state index contributed by atoms with van der Waals surface area (Å²) in [4.78, 5) is 20.5. The van der Waals surface area contributed by atoms with Gasteiger partial charge in [0.25, 0.3) is 0 Å². The van der Waals surface area contributed by atoms with E-state index in [0.29, 0.717) is 23.6 Å². The number of hydrogen-bond donors (Lipinski definition) is 2. The van der Waals surface area contributed by atoms with Crippen LogP contribution in [-0.2, 0) is 17.9 Å². The van der Waals surface area contributed by atoms with Crippen LogP contribution in [0, 0.1) is 6.92 Å². The van der Waals surface area contributed by atoms with Crippen molar-refractivity contribution >= 4 is 11.6 Å². The van der Waals surface area contributed by atoms with Crippen molar-refractivity contribution in [2.75, 3.05) is 12.3 Å². The van der Waals surface area contributed by atoms with Crippen molar-refractivity contribution in [1.29, 1.82) is 0 Å². The number of aromatic amines is 1. The Kier molecular flexibility index (Phi) is 3.90. The minimum absolute atomic E-state index is 0.0887. The summed E-state index contributed by atoms with van der Waals surface area (Å²) in [6.45, 7) is 2.19. The lowest BCUT2D eigenvalue weighted by atomic mass is 9.99. The van der Waals surface area contributed by atoms with Crippen LogP contribution >= 0.6 is 0 Å². The molecular weight excluding hydrogens is 408 g/mol. The molecule has 1 aromatic carbocycles. The van der Waals surface area contributed by atoms with Crippen LogP contribution in [0.3, 0.4) is 0 Å². The first-order valence-electron chi connectivity index (χ1n) is 12.7. The van der Waals surface area contributed by atoms with Crippen molar-refractivity contribution in [3.05, 3.63) is 64.2 Å². The number of benzene rings is 1. The molecule has 0 unspecified atom stereocenters. The molecule has 1 atom stereocenters. The van der Waals surface area contributed by atoms with E-state index in [4.69, 9.17) is 17.3 Å². The Morgan fingerprint density at radius 3 is 2.84 bits per heavy atom. The van der Waals surface area contributed by atoms with Crippen molar-refractivity contribution in [1.82, 2.24) is 19.2 Å². The van der Waals surface area contributed by atoms with Gasteiger partial charge in [0.15, 0.2) is 0 Å². The number of nitrogens with zero attached hydrogens (tertiary/aromatic N) is 4. The van der Waals surface area contributed by atoms with Crippen LogP contribution in [0.15, 0.2) is 47.1 Å². The third-order valence-corrected chi connectivity index (χ3v) is 5.41. The van der Waals surface area contributed by atoms with E-state index in [-0.39, 0.29) is 47.7 Å². The molecule has 0 aliphatic carbocycles. The van der Waals surface area contributed by atoms with Crippen molar-refractivity contribution in [2.24, 2.45) is 0 Å². The maximum absolute atomic E-state index is 13.3. The van der Waals surface area contributed by atoms with Gasteiger partial charge in [-0.15, -0.1) is 9.50 Å². The number of H-pyrrole nitrogens is 1. The molecule has 9 nitrogen and oxygen atoms in total. The second kappa shape index (κ2) is 8.18. The van der Waals surface area contributed by atoms with E-state index in [1.807, 2.05) is 0 Å². The molecule has 0 saturated carbocycles. The Morgan fingerprint density at radius 1 is 1.31 bits per heavy atom. The zero-order valence-electron chi connectivity index (χ0n) is 22.4. The molecule has 4 heterocycles. The molecule has 1 aliphatic rings. The normalized spacial score (nSPS) is 18.3. The predicted molar refractivity (Wildman–Crippen MR) is 119 cm³/mol. The minimum Gasteiger partial charge on any atom is -0.390 e. The van der Waals surface area contributed by atoms with Crippen LogP contribution in [0.2, 0.25) is 0 Å². The van der Waals surface area contributed by atoms with Crippen LogP contribution in [-0.4, -0.2) is 37.0 Å². The van der Waals surface area contributed by atoms with E-state index in [0.717, 1.165) is 12.8 Å². The molecular formula is C23H25N6O3+. The molecule has 0 radical (unpaired) electrons. The molecule has 3 aromatic heterocycles. The number of ether oxygens (including phenoxy) is 1. The van der Waals surface area contributed by atoms with Gasteiger partial charge in [0.05, 0.1) is 37.4 Å². The van der Waals surface area contributed by atoms with Crippen molar-refractivity contribution < 1.29 is 21.7 Å². The highest BCUT2D eigenvalue weighted by Crippen LogP contribution is 2.33. The van der Waals surface area contributed by atoms with Gasteiger partial charge in [-0.05, 0) is 37.5 Å². The summed E-state index contributed by atoms with van der Waals surface area (Å²) >= 11 is 0. The van der Waals surface area contributed by atoms with Gasteiger partial charge in [-0.25, -0.2) is 9.78 Å². The van der Waals surface area contributed by atoms with Crippen LogP contribution in [0.5, 0.6) is 0 Å². The van der Waals surface area contributed by atoms with E-state index in [9.17, 15) is 9.90 Å². The smallest absolute Gasteiger partial charge is 0.390 e. The third kappa shape index (κ3) is 3.55. The number of fused-ring (bicyclic) bond motifs is 1. The lowest BCUT2D eigenvalue weighted by molar-refractivity contribution is -0.351. The molecule has 4 aromatic rings. The van der Waals surface area contributed by atoms with E-state index in [1.165, 1.54) is 9.08 Å². The number of aromatic nitrogens is 5. The van der Waals surface area contributed by atoms with Gasteiger partial charge >= 0.3 is 11.6 Å². The average Bonchev–Trinajstić information content (AvgIpc) is 3.49. The van der Waals surface area contributed by atoms with Gasteiger partial charge in [-0.3, -0.25) is 10.7 Å². The standard InChI is InChI=1S/C23H24N6O3/c1-14-10-16(11-17(13-30)25-14)19-20(15-6-3-2-4-7-15)26-22(24)29-21(19)27-28(23(29)31)12-18-8-5-9-32-18/h2-4,6-7,10-11,18,30H,5,8-9,12-13H2,1H3,(H2,24,26)/p+1/t18-/m1/s1/i2D,3D,4D,6D,7D. The number of aryl methyl sites for hydroxylation is 1. The minimum atomic E-state index is -0.534. The van der Waals surface area contributed by atoms with E-state index < -0.39 is 35.9 Å². The monoisotopic (exact) mass is 438 g/mol. The Morgan fingerprint density at radius 2 is 2.12 bits per heavy atom. The summed E-state index contributed by atoms with van der Waals surface area (Å²) in [7, 11) is 0. The van der Waals surface area contributed by atoms with Crippen LogP contribution in [0.1, 0.15) is 31.1 Å². The Labute approximate surface area is 191 Å². The third-order valence-electron chi connectivity index (χ3n) is 5.41. The maximum atomic E-state index is 13.3. The molecule has 4 N–H and O–H groups in total. The molecule has 0 spiro atoms. The van der Waals surface area contributed by atoms with Gasteiger partial charge < -0.3 is 9.84 Å². The quantitative estimate of drug-likeness (QED) is 0.488. The van der Waals surface area contributed by atoms with E-state index in [2.05, 4.69) is 15.1 Å². The van der Waals surface area contributed by atoms with E-state index >= 15 is 0 Å². The van der Waals surface area contributed by atoms with Gasteiger partial charge in [0.1, 0.15) is 5.69 Å². The Bertz CT molecular complexity index is 1580. The highest BCUT2D eigenvalue weighted by atomic mass is 16.5. The zero-order valence-corrected chi connectivity index (χ0v) is 17.4. The fourth-order valence-corrected chi connectivity index (χ4v) is 4.04. The second-order valence-corrected chi connectivity index (χ2v) is 7.67. The lowest BCUT2D eigenvalue weighted by Gasteiger charge is -2.10. The molecule has 1 fully saturated rings. The number of nitrogen functional groups attached to an aromatic ring is 1. The van der Waals surface area contributed by atoms with Crippen molar-refractivity contribution in [3.63, 3.8) is 0 Å². The Balaban J connectivity index is 1.90. The second-order valence-electron chi connectivity index (χ2n) is 7.67. The number of aliphatic hydroxyl groups is 1. The first-order chi connectivity index (χ1) is 17.6. The summed E-state index contributed by atoms with van der Waals surface area (Å²) < 4.78 is 49.4. The SMILES string of the molecule is [2H]c1c([2H])c([2H])c(-c2[nH+]c(N)n3c(=O)n(C[C@H]4CCCO4)nc3c2-c2cc(C)nc(CO)c2)c([2H])c1[2H]. The van der Waals surface area contributed by atoms with Crippen molar-refractivity contribution in [2.45, 2.75) is 39.0 Å². The molecule has 1 aliphatic heterocycles. The summed E-state index contributed by atoms with van der Waals surface area (Å²) in [5.74, 6) is -0.127. The molecule has 5 rings (SSSR count). The summed E-state index contributed by atoms with van der Waals surface area (Å²) in [6, 6.07) is 0.835. The predicted octanol–water partition coefficient (Wildman–Crippen LogP) is 1.60. The molecule has 0 bridgehead atoms. The number of rotatable bonds is 5. The van der Waals surface area contributed by atoms with Gasteiger partial charge in [-0.1, -0.05) is 30.2 Å². The lowest BCUT2D eigenvalue weighted by Crippen LogP contribution is -2.30. The summed E-state index contributed by atoms with van der Waals surface area (Å²) in [5.41, 5.74) is 7.49. The largest absolute Gasteiger partial charge is 0.411 e. The number of aliphatic hydroxyl groups excluding tert-OH is 1. The average molecular weight is 439 g/mol. The zero-order chi connectivity index (χ0) is 26.6. The number of nitrogens with one attached hydrogen (secondary N) is 1. The fourth-order valence-electron chi connectivity index (χ4n) is 4.04. The molecule has 164 valence electrons. The fraction of sp³-hybridized carbons (Fsp3) is 0.304. The number of nitrogens with two attached hydrogens (primary N) is 1.